The molecule has 2 aliphatic heterocycles. The van der Waals surface area contributed by atoms with Crippen LogP contribution in [0.4, 0.5) is 9.59 Å². The highest BCUT2D eigenvalue weighted by molar-refractivity contribution is 7.89. The van der Waals surface area contributed by atoms with Crippen molar-refractivity contribution in [2.75, 3.05) is 80.4 Å². The topological polar surface area (TPSA) is 144 Å². The Bertz CT molecular complexity index is 1770. The van der Waals surface area contributed by atoms with Crippen LogP contribution in [0, 0.1) is 5.92 Å². The lowest BCUT2D eigenvalue weighted by atomic mass is 9.71. The number of hydrogen-bond acceptors (Lipinski definition) is 10. The Morgan fingerprint density at radius 1 is 0.812 bits per heavy atom. The van der Waals surface area contributed by atoms with E-state index in [1.807, 2.05) is 19.1 Å². The molecule has 3 fully saturated rings. The predicted molar refractivity (Wildman–Crippen MR) is 256 cm³/mol. The van der Waals surface area contributed by atoms with Gasteiger partial charge in [-0.05, 0) is 105 Å². The van der Waals surface area contributed by atoms with Crippen LogP contribution in [0.15, 0.2) is 53.4 Å². The van der Waals surface area contributed by atoms with E-state index in [9.17, 15) is 18.0 Å². The molecule has 0 spiro atoms. The first-order chi connectivity index (χ1) is 30.6. The van der Waals surface area contributed by atoms with Gasteiger partial charge in [-0.15, -0.1) is 0 Å². The van der Waals surface area contributed by atoms with Crippen LogP contribution in [0.3, 0.4) is 0 Å². The lowest BCUT2D eigenvalue weighted by molar-refractivity contribution is 0.0283. The van der Waals surface area contributed by atoms with Gasteiger partial charge in [0, 0.05) is 88.8 Å². The van der Waals surface area contributed by atoms with Gasteiger partial charge in [0.25, 0.3) is 0 Å². The molecule has 362 valence electrons. The zero-order valence-corrected chi connectivity index (χ0v) is 41.7. The van der Waals surface area contributed by atoms with E-state index in [4.69, 9.17) is 47.9 Å². The Kier molecular flexibility index (Phi) is 22.9. The SMILES string of the molecule is CCCN(C)C(=O)OCCC(N)CCCC(COC)C(C)(C)c1ccc(Cl)cc1.COCC1CCCC(COC(=O)N2CCN(C3CCCCC3)CC2)N1S(=O)(=O)c1ccc(Cl)cc1. The summed E-state index contributed by atoms with van der Waals surface area (Å²) in [6.07, 6.45) is 12.5. The maximum absolute atomic E-state index is 13.6. The molecule has 2 amide bonds. The Morgan fingerprint density at radius 2 is 1.42 bits per heavy atom. The van der Waals surface area contributed by atoms with Crippen molar-refractivity contribution in [3.63, 3.8) is 0 Å². The summed E-state index contributed by atoms with van der Waals surface area (Å²) in [6, 6.07) is 14.2. The summed E-state index contributed by atoms with van der Waals surface area (Å²) >= 11 is 12.0. The van der Waals surface area contributed by atoms with Gasteiger partial charge < -0.3 is 34.5 Å². The van der Waals surface area contributed by atoms with Gasteiger partial charge in [-0.2, -0.15) is 4.31 Å². The number of methoxy groups -OCH3 is 2. The van der Waals surface area contributed by atoms with Crippen LogP contribution in [0.5, 0.6) is 0 Å². The molecule has 0 aromatic heterocycles. The lowest BCUT2D eigenvalue weighted by Crippen LogP contribution is -2.55. The number of hydrogen-bond donors (Lipinski definition) is 1. The zero-order valence-electron chi connectivity index (χ0n) is 39.4. The Balaban J connectivity index is 0.000000287. The van der Waals surface area contributed by atoms with E-state index in [1.165, 1.54) is 54.1 Å². The predicted octanol–water partition coefficient (Wildman–Crippen LogP) is 9.23. The summed E-state index contributed by atoms with van der Waals surface area (Å²) in [5, 5.41) is 1.23. The van der Waals surface area contributed by atoms with Gasteiger partial charge in [-0.3, -0.25) is 4.90 Å². The zero-order chi connectivity index (χ0) is 46.7. The minimum atomic E-state index is -3.81. The summed E-state index contributed by atoms with van der Waals surface area (Å²) < 4.78 is 50.5. The third-order valence-electron chi connectivity index (χ3n) is 13.3. The molecule has 5 rings (SSSR count). The molecular formula is C48H77Cl2N5O8S. The van der Waals surface area contributed by atoms with Crippen molar-refractivity contribution < 1.29 is 37.0 Å². The molecule has 2 heterocycles. The maximum atomic E-state index is 13.6. The molecule has 1 aliphatic carbocycles. The van der Waals surface area contributed by atoms with E-state index in [0.29, 0.717) is 75.7 Å². The van der Waals surface area contributed by atoms with Gasteiger partial charge >= 0.3 is 12.2 Å². The molecule has 64 heavy (non-hydrogen) atoms. The highest BCUT2D eigenvalue weighted by Gasteiger charge is 2.41. The first-order valence-electron chi connectivity index (χ1n) is 23.4. The average molecular weight is 955 g/mol. The molecule has 16 heteroatoms. The number of piperazine rings is 1. The third-order valence-corrected chi connectivity index (χ3v) is 15.8. The monoisotopic (exact) mass is 953 g/mol. The molecule has 3 aliphatic rings. The van der Waals surface area contributed by atoms with Crippen molar-refractivity contribution in [1.82, 2.24) is 19.0 Å². The minimum Gasteiger partial charge on any atom is -0.449 e. The van der Waals surface area contributed by atoms with Gasteiger partial charge in [-0.1, -0.05) is 88.2 Å². The maximum Gasteiger partial charge on any atom is 0.409 e. The number of carbonyl (C=O) groups is 2. The molecule has 1 saturated carbocycles. The molecule has 4 atom stereocenters. The summed E-state index contributed by atoms with van der Waals surface area (Å²) in [6.45, 7) is 11.7. The fraction of sp³-hybridized carbons (Fsp3) is 0.708. The quantitative estimate of drug-likeness (QED) is 0.136. The molecule has 13 nitrogen and oxygen atoms in total. The standard InChI is InChI=1S/C25H38ClN3O5S.C23H39ClN2O3/c1-33-18-22-8-5-9-23(29(22)35(31,32)24-12-10-20(26)11-13-24)19-34-25(30)28-16-14-27(15-17-28)21-6-3-2-4-7-21;1-6-15-26(4)22(27)29-16-14-21(25)9-7-8-19(17-28-5)23(2,3)18-10-12-20(24)13-11-18/h10-13,21-23H,2-9,14-19H2,1H3;10-13,19,21H,6-9,14-17,25H2,1-5H3. The number of amides is 2. The number of rotatable bonds is 20. The first kappa shape index (κ1) is 53.9. The van der Waals surface area contributed by atoms with Crippen LogP contribution in [0.25, 0.3) is 0 Å². The lowest BCUT2D eigenvalue weighted by Gasteiger charge is -2.41. The first-order valence-corrected chi connectivity index (χ1v) is 25.6. The number of nitrogens with two attached hydrogens (primary N) is 1. The highest BCUT2D eigenvalue weighted by atomic mass is 35.5. The second-order valence-electron chi connectivity index (χ2n) is 18.3. The second-order valence-corrected chi connectivity index (χ2v) is 21.0. The van der Waals surface area contributed by atoms with E-state index in [1.54, 1.807) is 43.2 Å². The normalized spacial score (nSPS) is 20.2. The van der Waals surface area contributed by atoms with Crippen LogP contribution < -0.4 is 5.73 Å². The molecule has 2 aromatic rings. The minimum absolute atomic E-state index is 0.0237. The van der Waals surface area contributed by atoms with Crippen molar-refractivity contribution in [3.05, 3.63) is 64.1 Å². The van der Waals surface area contributed by atoms with E-state index in [-0.39, 0.29) is 41.2 Å². The van der Waals surface area contributed by atoms with Gasteiger partial charge in [0.2, 0.25) is 10.0 Å². The second kappa shape index (κ2) is 27.2. The molecule has 4 unspecified atom stereocenters. The van der Waals surface area contributed by atoms with Gasteiger partial charge in [0.05, 0.1) is 24.2 Å². The largest absolute Gasteiger partial charge is 0.449 e. The summed E-state index contributed by atoms with van der Waals surface area (Å²) in [5.41, 5.74) is 7.48. The number of piperidine rings is 1. The average Bonchev–Trinajstić information content (AvgIpc) is 3.29. The Labute approximate surface area is 394 Å². The van der Waals surface area contributed by atoms with Gasteiger partial charge in [0.15, 0.2) is 0 Å². The number of benzene rings is 2. The number of carbonyl (C=O) groups excluding carboxylic acids is 2. The highest BCUT2D eigenvalue weighted by Crippen LogP contribution is 2.36. The van der Waals surface area contributed by atoms with Crippen LogP contribution >= 0.6 is 23.2 Å². The van der Waals surface area contributed by atoms with E-state index in [2.05, 4.69) is 30.9 Å². The van der Waals surface area contributed by atoms with E-state index in [0.717, 1.165) is 50.2 Å². The molecule has 0 radical (unpaired) electrons. The summed E-state index contributed by atoms with van der Waals surface area (Å²) in [4.78, 5) is 30.7. The fourth-order valence-corrected chi connectivity index (χ4v) is 11.4. The summed E-state index contributed by atoms with van der Waals surface area (Å²) in [5.74, 6) is 0.376. The van der Waals surface area contributed by atoms with Crippen LogP contribution in [0.1, 0.15) is 110 Å². The third kappa shape index (κ3) is 16.3. The van der Waals surface area contributed by atoms with Crippen molar-refractivity contribution in [3.8, 4) is 0 Å². The van der Waals surface area contributed by atoms with E-state index >= 15 is 0 Å². The summed E-state index contributed by atoms with van der Waals surface area (Å²) in [7, 11) is 1.27. The van der Waals surface area contributed by atoms with Crippen LogP contribution in [-0.4, -0.2) is 144 Å². The van der Waals surface area contributed by atoms with Crippen LogP contribution in [-0.2, 0) is 34.4 Å². The smallest absolute Gasteiger partial charge is 0.409 e. The van der Waals surface area contributed by atoms with Crippen LogP contribution in [0.2, 0.25) is 10.0 Å². The van der Waals surface area contributed by atoms with Crippen molar-refractivity contribution in [2.45, 2.75) is 139 Å². The number of nitrogens with zero attached hydrogens (tertiary/aromatic N) is 4. The van der Waals surface area contributed by atoms with Crippen molar-refractivity contribution in [1.29, 1.82) is 0 Å². The van der Waals surface area contributed by atoms with Crippen molar-refractivity contribution >= 4 is 45.4 Å². The molecule has 2 N–H and O–H groups in total. The van der Waals surface area contributed by atoms with Gasteiger partial charge in [0.1, 0.15) is 6.61 Å². The number of ether oxygens (including phenoxy) is 4. The Hall–Kier alpha value is -2.69. The molecule has 2 aromatic carbocycles. The molecule has 0 bridgehead atoms. The Morgan fingerprint density at radius 3 is 2.02 bits per heavy atom. The molecule has 2 saturated heterocycles. The fourth-order valence-electron chi connectivity index (χ4n) is 9.32. The van der Waals surface area contributed by atoms with Gasteiger partial charge in [-0.25, -0.2) is 18.0 Å². The number of halogens is 2. The number of sulfonamides is 1. The molecular weight excluding hydrogens is 878 g/mol. The van der Waals surface area contributed by atoms with E-state index < -0.39 is 16.1 Å². The van der Waals surface area contributed by atoms with Crippen molar-refractivity contribution in [2.24, 2.45) is 11.7 Å².